The number of carboxylic acid groups (broad SMARTS) is 1. The number of nitrogens with zero attached hydrogens (tertiary/aromatic N) is 1. The number of thioether (sulfide) groups is 1. The normalized spacial score (nSPS) is 20.2. The first-order valence-electron chi connectivity index (χ1n) is 9.52. The number of hydrogen-bond donors (Lipinski definition) is 3. The molecule has 0 spiro atoms. The Kier molecular flexibility index (Phi) is 5.29. The maximum Gasteiger partial charge on any atom is 0.303 e. The Labute approximate surface area is 162 Å². The van der Waals surface area contributed by atoms with Gasteiger partial charge in [-0.15, -0.1) is 11.8 Å². The van der Waals surface area contributed by atoms with Crippen LogP contribution in [0.15, 0.2) is 23.2 Å². The minimum Gasteiger partial charge on any atom is -0.497 e. The van der Waals surface area contributed by atoms with Gasteiger partial charge in [0.15, 0.2) is 0 Å². The van der Waals surface area contributed by atoms with E-state index in [2.05, 4.69) is 22.4 Å². The van der Waals surface area contributed by atoms with Crippen LogP contribution in [0.1, 0.15) is 44.2 Å². The molecular formula is C20H25N3O3S. The first-order chi connectivity index (χ1) is 13.1. The number of nitrogens with one attached hydrogen (secondary N) is 2. The summed E-state index contributed by atoms with van der Waals surface area (Å²) in [4.78, 5) is 19.0. The highest BCUT2D eigenvalue weighted by Gasteiger charge is 2.23. The minimum atomic E-state index is -0.760. The number of anilines is 1. The maximum atomic E-state index is 10.8. The molecule has 2 aliphatic rings. The molecule has 0 unspecified atom stereocenters. The molecule has 144 valence electrons. The monoisotopic (exact) mass is 387 g/mol. The standard InChI is InChI=1S/C20H25N3O3S/c1-26-15-8-12-9-17(20-22-14(11-27-20)6-7-18(24)25)23-19(12)16(10-15)21-13-4-2-3-5-13/h8-10,13-14,21,23H,2-7,11H2,1H3,(H,24,25)/t14-/m1/s1. The average molecular weight is 388 g/mol. The number of rotatable bonds is 7. The number of methoxy groups -OCH3 is 1. The summed E-state index contributed by atoms with van der Waals surface area (Å²) in [6, 6.07) is 6.81. The molecule has 1 atom stereocenters. The van der Waals surface area contributed by atoms with Crippen molar-refractivity contribution in [2.45, 2.75) is 50.6 Å². The highest BCUT2D eigenvalue weighted by Crippen LogP contribution is 2.34. The summed E-state index contributed by atoms with van der Waals surface area (Å²) >= 11 is 1.69. The van der Waals surface area contributed by atoms with Crippen molar-refractivity contribution in [3.63, 3.8) is 0 Å². The molecule has 1 aliphatic heterocycles. The molecule has 0 bridgehead atoms. The Hall–Kier alpha value is -2.15. The smallest absolute Gasteiger partial charge is 0.303 e. The van der Waals surface area contributed by atoms with Crippen LogP contribution in [-0.4, -0.2) is 46.0 Å². The number of carboxylic acids is 1. The van der Waals surface area contributed by atoms with E-state index in [9.17, 15) is 4.79 Å². The lowest BCUT2D eigenvalue weighted by molar-refractivity contribution is -0.137. The van der Waals surface area contributed by atoms with Gasteiger partial charge in [-0.05, 0) is 31.4 Å². The van der Waals surface area contributed by atoms with Gasteiger partial charge in [0.05, 0.1) is 30.0 Å². The summed E-state index contributed by atoms with van der Waals surface area (Å²) in [5.41, 5.74) is 3.15. The summed E-state index contributed by atoms with van der Waals surface area (Å²) in [5, 5.41) is 14.6. The number of aromatic amines is 1. The molecule has 6 nitrogen and oxygen atoms in total. The zero-order valence-corrected chi connectivity index (χ0v) is 16.3. The molecule has 1 saturated carbocycles. The van der Waals surface area contributed by atoms with E-state index >= 15 is 0 Å². The summed E-state index contributed by atoms with van der Waals surface area (Å²) in [7, 11) is 1.69. The van der Waals surface area contributed by atoms with Crippen LogP contribution < -0.4 is 10.1 Å². The number of aliphatic imine (C=N–C) groups is 1. The molecule has 1 aromatic heterocycles. The molecule has 1 fully saturated rings. The molecule has 0 radical (unpaired) electrons. The van der Waals surface area contributed by atoms with Gasteiger partial charge in [-0.1, -0.05) is 12.8 Å². The molecule has 0 amide bonds. The van der Waals surface area contributed by atoms with E-state index < -0.39 is 5.97 Å². The van der Waals surface area contributed by atoms with Gasteiger partial charge < -0.3 is 20.1 Å². The Morgan fingerprint density at radius 3 is 2.93 bits per heavy atom. The molecule has 0 saturated heterocycles. The van der Waals surface area contributed by atoms with Crippen molar-refractivity contribution >= 4 is 39.4 Å². The van der Waals surface area contributed by atoms with E-state index in [1.807, 2.05) is 6.07 Å². The lowest BCUT2D eigenvalue weighted by Gasteiger charge is -2.15. The largest absolute Gasteiger partial charge is 0.497 e. The van der Waals surface area contributed by atoms with Crippen LogP contribution in [0.2, 0.25) is 0 Å². The molecule has 2 aromatic rings. The van der Waals surface area contributed by atoms with Crippen LogP contribution in [0.4, 0.5) is 5.69 Å². The zero-order valence-electron chi connectivity index (χ0n) is 15.5. The number of ether oxygens (including phenoxy) is 1. The van der Waals surface area contributed by atoms with Crippen molar-refractivity contribution in [2.75, 3.05) is 18.2 Å². The maximum absolute atomic E-state index is 10.8. The molecule has 7 heteroatoms. The Morgan fingerprint density at radius 2 is 2.19 bits per heavy atom. The van der Waals surface area contributed by atoms with Gasteiger partial charge in [0.25, 0.3) is 0 Å². The van der Waals surface area contributed by atoms with Crippen LogP contribution in [0, 0.1) is 0 Å². The fourth-order valence-electron chi connectivity index (χ4n) is 3.85. The number of aliphatic carboxylic acids is 1. The highest BCUT2D eigenvalue weighted by molar-refractivity contribution is 8.14. The summed E-state index contributed by atoms with van der Waals surface area (Å²) in [6.07, 6.45) is 5.74. The second kappa shape index (κ2) is 7.84. The van der Waals surface area contributed by atoms with E-state index in [0.717, 1.165) is 38.8 Å². The third kappa shape index (κ3) is 4.08. The summed E-state index contributed by atoms with van der Waals surface area (Å²) in [6.45, 7) is 0. The average Bonchev–Trinajstić information content (AvgIpc) is 3.39. The summed E-state index contributed by atoms with van der Waals surface area (Å²) < 4.78 is 5.49. The van der Waals surface area contributed by atoms with Crippen LogP contribution in [0.5, 0.6) is 5.75 Å². The summed E-state index contributed by atoms with van der Waals surface area (Å²) in [5.74, 6) is 0.923. The van der Waals surface area contributed by atoms with Gasteiger partial charge in [0.2, 0.25) is 0 Å². The van der Waals surface area contributed by atoms with Crippen LogP contribution in [0.3, 0.4) is 0 Å². The van der Waals surface area contributed by atoms with Crippen molar-refractivity contribution in [3.05, 3.63) is 23.9 Å². The molecule has 1 aliphatic carbocycles. The lowest BCUT2D eigenvalue weighted by Crippen LogP contribution is -2.14. The number of fused-ring (bicyclic) bond motifs is 1. The number of H-pyrrole nitrogens is 1. The van der Waals surface area contributed by atoms with Gasteiger partial charge >= 0.3 is 5.97 Å². The molecule has 2 heterocycles. The topological polar surface area (TPSA) is 86.7 Å². The third-order valence-electron chi connectivity index (χ3n) is 5.29. The van der Waals surface area contributed by atoms with Crippen molar-refractivity contribution < 1.29 is 14.6 Å². The van der Waals surface area contributed by atoms with E-state index in [-0.39, 0.29) is 12.5 Å². The third-order valence-corrected chi connectivity index (χ3v) is 6.44. The van der Waals surface area contributed by atoms with Gasteiger partial charge in [-0.2, -0.15) is 0 Å². The molecule has 27 heavy (non-hydrogen) atoms. The van der Waals surface area contributed by atoms with Gasteiger partial charge in [0.1, 0.15) is 10.8 Å². The Balaban J connectivity index is 1.61. The predicted molar refractivity (Wildman–Crippen MR) is 110 cm³/mol. The van der Waals surface area contributed by atoms with Crippen LogP contribution in [0.25, 0.3) is 10.9 Å². The number of benzene rings is 1. The van der Waals surface area contributed by atoms with Gasteiger partial charge in [-0.3, -0.25) is 9.79 Å². The van der Waals surface area contributed by atoms with Crippen LogP contribution in [-0.2, 0) is 4.79 Å². The number of aromatic nitrogens is 1. The van der Waals surface area contributed by atoms with Gasteiger partial charge in [-0.25, -0.2) is 0 Å². The van der Waals surface area contributed by atoms with Crippen molar-refractivity contribution in [3.8, 4) is 5.75 Å². The highest BCUT2D eigenvalue weighted by atomic mass is 32.2. The first kappa shape index (κ1) is 18.2. The van der Waals surface area contributed by atoms with Crippen molar-refractivity contribution in [1.29, 1.82) is 0 Å². The molecular weight excluding hydrogens is 362 g/mol. The van der Waals surface area contributed by atoms with E-state index in [4.69, 9.17) is 14.8 Å². The van der Waals surface area contributed by atoms with Crippen LogP contribution >= 0.6 is 11.8 Å². The zero-order chi connectivity index (χ0) is 18.8. The van der Waals surface area contributed by atoms with Gasteiger partial charge in [0, 0.05) is 29.7 Å². The fourth-order valence-corrected chi connectivity index (χ4v) is 4.93. The lowest BCUT2D eigenvalue weighted by atomic mass is 10.1. The number of carbonyl (C=O) groups is 1. The quantitative estimate of drug-likeness (QED) is 0.661. The first-order valence-corrected chi connectivity index (χ1v) is 10.5. The predicted octanol–water partition coefficient (Wildman–Crippen LogP) is 4.26. The van der Waals surface area contributed by atoms with E-state index in [1.165, 1.54) is 25.7 Å². The van der Waals surface area contributed by atoms with Crippen molar-refractivity contribution in [2.24, 2.45) is 4.99 Å². The minimum absolute atomic E-state index is 0.0816. The van der Waals surface area contributed by atoms with E-state index in [0.29, 0.717) is 12.5 Å². The van der Waals surface area contributed by atoms with E-state index in [1.54, 1.807) is 18.9 Å². The fraction of sp³-hybridized carbons (Fsp3) is 0.500. The Bertz CT molecular complexity index is 871. The SMILES string of the molecule is COc1cc(NC2CCCC2)c2[nH]c(C3=N[C@H](CCC(=O)O)CS3)cc2c1. The molecule has 1 aromatic carbocycles. The Morgan fingerprint density at radius 1 is 1.37 bits per heavy atom. The molecule has 3 N–H and O–H groups in total. The second-order valence-electron chi connectivity index (χ2n) is 7.28. The second-order valence-corrected chi connectivity index (χ2v) is 8.29. The number of hydrogen-bond acceptors (Lipinski definition) is 5. The van der Waals surface area contributed by atoms with Crippen molar-refractivity contribution in [1.82, 2.24) is 4.98 Å². The molecule has 4 rings (SSSR count).